The van der Waals surface area contributed by atoms with Crippen LogP contribution in [0.2, 0.25) is 0 Å². The number of hydrogen-bond donors (Lipinski definition) is 2. The van der Waals surface area contributed by atoms with Crippen LogP contribution < -0.4 is 10.6 Å². The largest absolute Gasteiger partial charge is 0.392 e. The summed E-state index contributed by atoms with van der Waals surface area (Å²) in [5.41, 5.74) is 2.76. The maximum atomic E-state index is 3.92. The van der Waals surface area contributed by atoms with Gasteiger partial charge in [-0.15, -0.1) is 0 Å². The third kappa shape index (κ3) is 4.90. The summed E-state index contributed by atoms with van der Waals surface area (Å²) in [6.45, 7) is 11.6. The zero-order valence-electron chi connectivity index (χ0n) is 8.65. The summed E-state index contributed by atoms with van der Waals surface area (Å²) >= 11 is 0. The van der Waals surface area contributed by atoms with Gasteiger partial charge in [-0.3, -0.25) is 0 Å². The molecule has 0 aliphatic heterocycles. The Kier molecular flexibility index (Phi) is 5.44. The van der Waals surface area contributed by atoms with Gasteiger partial charge in [0.2, 0.25) is 0 Å². The van der Waals surface area contributed by atoms with Gasteiger partial charge in [-0.1, -0.05) is 25.3 Å². The van der Waals surface area contributed by atoms with E-state index in [2.05, 4.69) is 23.8 Å². The Morgan fingerprint density at radius 1 is 1.31 bits per heavy atom. The molecular weight excluding hydrogens is 160 g/mol. The monoisotopic (exact) mass is 178 g/mol. The number of rotatable bonds is 5. The van der Waals surface area contributed by atoms with Gasteiger partial charge in [-0.2, -0.15) is 0 Å². The molecule has 0 amide bonds. The molecule has 72 valence electrons. The van der Waals surface area contributed by atoms with E-state index in [1.807, 2.05) is 39.2 Å². The molecule has 0 rings (SSSR count). The summed E-state index contributed by atoms with van der Waals surface area (Å²) in [6, 6.07) is 0. The lowest BCUT2D eigenvalue weighted by Crippen LogP contribution is -2.13. The van der Waals surface area contributed by atoms with Crippen molar-refractivity contribution in [3.05, 3.63) is 48.5 Å². The van der Waals surface area contributed by atoms with E-state index in [1.54, 1.807) is 0 Å². The fourth-order valence-corrected chi connectivity index (χ4v) is 0.874. The molecule has 2 N–H and O–H groups in total. The van der Waals surface area contributed by atoms with Crippen LogP contribution in [0.3, 0.4) is 0 Å². The molecular formula is C11H18N2. The highest BCUT2D eigenvalue weighted by Crippen LogP contribution is 2.06. The SMILES string of the molecule is C=C(C)N/C(=C/NC)C(=C)/C=C\C. The fraction of sp³-hybridized carbons (Fsp3) is 0.273. The van der Waals surface area contributed by atoms with Gasteiger partial charge in [0.1, 0.15) is 0 Å². The first-order valence-corrected chi connectivity index (χ1v) is 4.23. The molecule has 0 heterocycles. The van der Waals surface area contributed by atoms with Gasteiger partial charge in [-0.05, 0) is 19.4 Å². The van der Waals surface area contributed by atoms with Crippen LogP contribution in [0.5, 0.6) is 0 Å². The lowest BCUT2D eigenvalue weighted by molar-refractivity contribution is 0.954. The van der Waals surface area contributed by atoms with E-state index in [1.165, 1.54) is 0 Å². The molecule has 0 aromatic rings. The lowest BCUT2D eigenvalue weighted by Gasteiger charge is -2.10. The molecule has 2 heteroatoms. The van der Waals surface area contributed by atoms with E-state index in [4.69, 9.17) is 0 Å². The highest BCUT2D eigenvalue weighted by atomic mass is 14.9. The van der Waals surface area contributed by atoms with Crippen molar-refractivity contribution in [1.82, 2.24) is 10.6 Å². The highest BCUT2D eigenvalue weighted by molar-refractivity contribution is 5.37. The van der Waals surface area contributed by atoms with Gasteiger partial charge < -0.3 is 10.6 Å². The molecule has 0 aliphatic carbocycles. The van der Waals surface area contributed by atoms with E-state index in [0.717, 1.165) is 17.0 Å². The van der Waals surface area contributed by atoms with E-state index < -0.39 is 0 Å². The standard InChI is InChI=1S/C11H18N2/c1-6-7-10(4)11(8-12-5)13-9(2)3/h6-8,12-13H,2,4H2,1,3,5H3/b7-6-,11-8+. The molecule has 0 spiro atoms. The first-order valence-electron chi connectivity index (χ1n) is 4.23. The summed E-state index contributed by atoms with van der Waals surface area (Å²) in [7, 11) is 1.85. The molecule has 0 saturated heterocycles. The quantitative estimate of drug-likeness (QED) is 0.631. The van der Waals surface area contributed by atoms with E-state index >= 15 is 0 Å². The third-order valence-corrected chi connectivity index (χ3v) is 1.35. The van der Waals surface area contributed by atoms with Gasteiger partial charge in [0, 0.05) is 18.9 Å². The number of hydrogen-bond acceptors (Lipinski definition) is 2. The van der Waals surface area contributed by atoms with Crippen molar-refractivity contribution in [3.8, 4) is 0 Å². The van der Waals surface area contributed by atoms with E-state index in [-0.39, 0.29) is 0 Å². The molecule has 0 fully saturated rings. The summed E-state index contributed by atoms with van der Waals surface area (Å²) in [4.78, 5) is 0. The Morgan fingerprint density at radius 3 is 2.31 bits per heavy atom. The van der Waals surface area contributed by atoms with Crippen molar-refractivity contribution in [2.75, 3.05) is 7.05 Å². The predicted molar refractivity (Wildman–Crippen MR) is 59.0 cm³/mol. The molecule has 0 aromatic carbocycles. The Morgan fingerprint density at radius 2 is 1.92 bits per heavy atom. The summed E-state index contributed by atoms with van der Waals surface area (Å²) in [5.74, 6) is 0. The molecule has 0 aliphatic rings. The van der Waals surface area contributed by atoms with Crippen molar-refractivity contribution < 1.29 is 0 Å². The van der Waals surface area contributed by atoms with Crippen molar-refractivity contribution in [2.24, 2.45) is 0 Å². The van der Waals surface area contributed by atoms with E-state index in [0.29, 0.717) is 0 Å². The molecule has 0 atom stereocenters. The van der Waals surface area contributed by atoms with Crippen molar-refractivity contribution in [2.45, 2.75) is 13.8 Å². The minimum Gasteiger partial charge on any atom is -0.392 e. The van der Waals surface area contributed by atoms with Crippen LogP contribution >= 0.6 is 0 Å². The van der Waals surface area contributed by atoms with Gasteiger partial charge >= 0.3 is 0 Å². The maximum absolute atomic E-state index is 3.92. The summed E-state index contributed by atoms with van der Waals surface area (Å²) in [5, 5.41) is 6.07. The molecule has 0 saturated carbocycles. The molecule has 0 aromatic heterocycles. The molecule has 0 bridgehead atoms. The topological polar surface area (TPSA) is 24.1 Å². The Balaban J connectivity index is 4.51. The average molecular weight is 178 g/mol. The average Bonchev–Trinajstić information content (AvgIpc) is 2.03. The van der Waals surface area contributed by atoms with Crippen molar-refractivity contribution >= 4 is 0 Å². The first-order chi connectivity index (χ1) is 6.11. The van der Waals surface area contributed by atoms with E-state index in [9.17, 15) is 0 Å². The van der Waals surface area contributed by atoms with Crippen LogP contribution in [-0.4, -0.2) is 7.05 Å². The maximum Gasteiger partial charge on any atom is 0.0608 e. The fourth-order valence-electron chi connectivity index (χ4n) is 0.874. The zero-order valence-corrected chi connectivity index (χ0v) is 8.65. The van der Waals surface area contributed by atoms with Crippen LogP contribution in [0, 0.1) is 0 Å². The minimum atomic E-state index is 0.896. The second-order valence-corrected chi connectivity index (χ2v) is 2.78. The Hall–Kier alpha value is -1.44. The third-order valence-electron chi connectivity index (χ3n) is 1.35. The Labute approximate surface area is 80.7 Å². The van der Waals surface area contributed by atoms with Gasteiger partial charge in [0.05, 0.1) is 5.70 Å². The van der Waals surface area contributed by atoms with Crippen LogP contribution in [0.15, 0.2) is 48.5 Å². The van der Waals surface area contributed by atoms with Gasteiger partial charge in [0.15, 0.2) is 0 Å². The molecule has 13 heavy (non-hydrogen) atoms. The van der Waals surface area contributed by atoms with Crippen LogP contribution in [-0.2, 0) is 0 Å². The second kappa shape index (κ2) is 6.12. The van der Waals surface area contributed by atoms with Gasteiger partial charge in [0.25, 0.3) is 0 Å². The Bertz CT molecular complexity index is 247. The summed E-state index contributed by atoms with van der Waals surface area (Å²) < 4.78 is 0. The zero-order chi connectivity index (χ0) is 10.3. The van der Waals surface area contributed by atoms with Crippen LogP contribution in [0.1, 0.15) is 13.8 Å². The van der Waals surface area contributed by atoms with Gasteiger partial charge in [-0.25, -0.2) is 0 Å². The van der Waals surface area contributed by atoms with Crippen LogP contribution in [0.4, 0.5) is 0 Å². The molecule has 0 unspecified atom stereocenters. The predicted octanol–water partition coefficient (Wildman–Crippen LogP) is 2.30. The van der Waals surface area contributed by atoms with Crippen molar-refractivity contribution in [1.29, 1.82) is 0 Å². The molecule has 2 nitrogen and oxygen atoms in total. The second-order valence-electron chi connectivity index (χ2n) is 2.78. The summed E-state index contributed by atoms with van der Waals surface area (Å²) in [6.07, 6.45) is 5.75. The highest BCUT2D eigenvalue weighted by Gasteiger charge is 1.97. The van der Waals surface area contributed by atoms with Crippen LogP contribution in [0.25, 0.3) is 0 Å². The normalized spacial score (nSPS) is 11.5. The minimum absolute atomic E-state index is 0.896. The first kappa shape index (κ1) is 11.6. The van der Waals surface area contributed by atoms with Crippen molar-refractivity contribution in [3.63, 3.8) is 0 Å². The molecule has 0 radical (unpaired) electrons. The lowest BCUT2D eigenvalue weighted by atomic mass is 10.2. The smallest absolute Gasteiger partial charge is 0.0608 e. The number of allylic oxidation sites excluding steroid dienone is 3. The number of nitrogens with one attached hydrogen (secondary N) is 2.